The lowest BCUT2D eigenvalue weighted by molar-refractivity contribution is -0.118. The molecule has 0 saturated heterocycles. The highest BCUT2D eigenvalue weighted by Gasteiger charge is 2.25. The predicted molar refractivity (Wildman–Crippen MR) is 145 cm³/mol. The molecular formula is C31H22Cl2F3NO. The van der Waals surface area contributed by atoms with E-state index in [1.807, 2.05) is 12.1 Å². The highest BCUT2D eigenvalue weighted by molar-refractivity contribution is 6.36. The van der Waals surface area contributed by atoms with Crippen LogP contribution in [0.25, 0.3) is 16.7 Å². The molecule has 0 saturated carbocycles. The van der Waals surface area contributed by atoms with E-state index < -0.39 is 17.6 Å². The third kappa shape index (κ3) is 5.85. The van der Waals surface area contributed by atoms with E-state index in [0.29, 0.717) is 38.9 Å². The van der Waals surface area contributed by atoms with E-state index in [4.69, 9.17) is 23.2 Å². The van der Waals surface area contributed by atoms with Crippen molar-refractivity contribution < 1.29 is 18.0 Å². The van der Waals surface area contributed by atoms with Crippen LogP contribution in [-0.4, -0.2) is 10.8 Å². The first-order chi connectivity index (χ1) is 18.3. The van der Waals surface area contributed by atoms with Gasteiger partial charge in [-0.3, -0.25) is 9.78 Å². The molecule has 5 rings (SSSR count). The number of halogens is 5. The van der Waals surface area contributed by atoms with E-state index in [9.17, 15) is 18.0 Å². The Morgan fingerprint density at radius 1 is 0.868 bits per heavy atom. The number of carbonyl (C=O) groups excluding carboxylic acids is 1. The molecule has 1 heterocycles. The number of allylic oxidation sites excluding steroid dienone is 2. The maximum Gasteiger partial charge on any atom is 0.137 e. The van der Waals surface area contributed by atoms with E-state index >= 15 is 0 Å². The fraction of sp³-hybridized carbons (Fsp3) is 0.161. The lowest BCUT2D eigenvalue weighted by Crippen LogP contribution is -2.13. The Morgan fingerprint density at radius 2 is 1.66 bits per heavy atom. The number of aromatic nitrogens is 1. The standard InChI is InChI=1S/C31H22Cl2F3NO/c32-22-6-8-27(30(33)15-22)28-2-1-9-37-31(28)21(10-18-11-24(35)16-25(36)12-18)14-26(38)13-20-4-3-19-5-7-23(34)17-29(19)20/h1-2,4-9,11-12,15-17,21H,3,10,13-14H2/t21-/m1/s1. The number of ketones is 1. The van der Waals surface area contributed by atoms with E-state index in [2.05, 4.69) is 4.98 Å². The van der Waals surface area contributed by atoms with Crippen LogP contribution in [0.5, 0.6) is 0 Å². The number of hydrogen-bond acceptors (Lipinski definition) is 2. The molecule has 0 fully saturated rings. The topological polar surface area (TPSA) is 30.0 Å². The first kappa shape index (κ1) is 26.2. The molecule has 0 aliphatic heterocycles. The third-order valence-corrected chi connectivity index (χ3v) is 7.25. The molecule has 38 heavy (non-hydrogen) atoms. The summed E-state index contributed by atoms with van der Waals surface area (Å²) in [5, 5.41) is 0.899. The van der Waals surface area contributed by atoms with Crippen LogP contribution in [0.3, 0.4) is 0 Å². The summed E-state index contributed by atoms with van der Waals surface area (Å²) in [6, 6.07) is 16.7. The minimum absolute atomic E-state index is 0.0648. The summed E-state index contributed by atoms with van der Waals surface area (Å²) in [6.07, 6.45) is 4.57. The third-order valence-electron chi connectivity index (χ3n) is 6.70. The summed E-state index contributed by atoms with van der Waals surface area (Å²) in [6.45, 7) is 0. The van der Waals surface area contributed by atoms with E-state index in [1.54, 1.807) is 36.5 Å². The van der Waals surface area contributed by atoms with Crippen molar-refractivity contribution in [2.75, 3.05) is 0 Å². The quantitative estimate of drug-likeness (QED) is 0.219. The monoisotopic (exact) mass is 551 g/mol. The van der Waals surface area contributed by atoms with Gasteiger partial charge in [-0.05, 0) is 77.6 Å². The number of Topliss-reactive ketones (excluding diaryl/α,β-unsaturated/α-hetero) is 1. The Morgan fingerprint density at radius 3 is 2.42 bits per heavy atom. The van der Waals surface area contributed by atoms with Crippen molar-refractivity contribution in [3.05, 3.63) is 129 Å². The van der Waals surface area contributed by atoms with Gasteiger partial charge in [-0.25, -0.2) is 13.2 Å². The summed E-state index contributed by atoms with van der Waals surface area (Å²) in [5.41, 5.74) is 4.88. The first-order valence-electron chi connectivity index (χ1n) is 12.1. The normalized spacial score (nSPS) is 13.2. The second-order valence-electron chi connectivity index (χ2n) is 9.39. The zero-order valence-corrected chi connectivity index (χ0v) is 21.7. The maximum absolute atomic E-state index is 14.0. The molecule has 0 amide bonds. The molecule has 0 spiro atoms. The van der Waals surface area contributed by atoms with Gasteiger partial charge in [0, 0.05) is 52.2 Å². The Labute approximate surface area is 228 Å². The molecule has 7 heteroatoms. The first-order valence-corrected chi connectivity index (χ1v) is 12.9. The maximum atomic E-state index is 14.0. The molecule has 1 atom stereocenters. The van der Waals surface area contributed by atoms with Crippen LogP contribution >= 0.6 is 23.2 Å². The smallest absolute Gasteiger partial charge is 0.137 e. The van der Waals surface area contributed by atoms with Crippen LogP contribution in [-0.2, 0) is 17.6 Å². The van der Waals surface area contributed by atoms with Gasteiger partial charge in [0.2, 0.25) is 0 Å². The molecule has 0 unspecified atom stereocenters. The number of benzene rings is 3. The summed E-state index contributed by atoms with van der Waals surface area (Å²) < 4.78 is 41.9. The van der Waals surface area contributed by atoms with Gasteiger partial charge in [0.25, 0.3) is 0 Å². The molecule has 0 radical (unpaired) electrons. The molecule has 0 N–H and O–H groups in total. The van der Waals surface area contributed by atoms with Gasteiger partial charge in [0.15, 0.2) is 0 Å². The van der Waals surface area contributed by atoms with Crippen molar-refractivity contribution in [1.82, 2.24) is 4.98 Å². The van der Waals surface area contributed by atoms with E-state index in [-0.39, 0.29) is 30.9 Å². The average molecular weight is 552 g/mol. The van der Waals surface area contributed by atoms with Crippen molar-refractivity contribution in [2.24, 2.45) is 0 Å². The van der Waals surface area contributed by atoms with Gasteiger partial charge in [-0.15, -0.1) is 0 Å². The van der Waals surface area contributed by atoms with Crippen molar-refractivity contribution in [1.29, 1.82) is 0 Å². The van der Waals surface area contributed by atoms with Crippen molar-refractivity contribution in [2.45, 2.75) is 31.6 Å². The van der Waals surface area contributed by atoms with Crippen molar-refractivity contribution in [3.8, 4) is 11.1 Å². The minimum atomic E-state index is -0.693. The van der Waals surface area contributed by atoms with Gasteiger partial charge in [0.1, 0.15) is 23.2 Å². The largest absolute Gasteiger partial charge is 0.299 e. The van der Waals surface area contributed by atoms with Crippen LogP contribution in [0.2, 0.25) is 10.0 Å². The number of hydrogen-bond donors (Lipinski definition) is 0. The molecule has 1 aliphatic carbocycles. The SMILES string of the molecule is O=C(CC1=CCc2ccc(F)cc21)C[C@@H](Cc1cc(F)cc(F)c1)c1ncccc1-c1ccc(Cl)cc1Cl. The van der Waals surface area contributed by atoms with Crippen LogP contribution in [0.1, 0.15) is 41.1 Å². The number of carbonyl (C=O) groups is 1. The molecule has 0 bridgehead atoms. The summed E-state index contributed by atoms with van der Waals surface area (Å²) >= 11 is 12.6. The molecule has 3 aromatic carbocycles. The summed E-state index contributed by atoms with van der Waals surface area (Å²) in [5.74, 6) is -2.33. The molecular weight excluding hydrogens is 530 g/mol. The van der Waals surface area contributed by atoms with Crippen LogP contribution in [0, 0.1) is 17.5 Å². The highest BCUT2D eigenvalue weighted by Crippen LogP contribution is 2.38. The molecule has 1 aliphatic rings. The Bertz CT molecular complexity index is 1550. The zero-order valence-electron chi connectivity index (χ0n) is 20.2. The molecule has 4 aromatic rings. The number of rotatable bonds is 8. The molecule has 1 aromatic heterocycles. The Hall–Kier alpha value is -3.41. The second-order valence-corrected chi connectivity index (χ2v) is 10.2. The van der Waals surface area contributed by atoms with Gasteiger partial charge >= 0.3 is 0 Å². The lowest BCUT2D eigenvalue weighted by Gasteiger charge is -2.20. The number of nitrogens with zero attached hydrogens (tertiary/aromatic N) is 1. The van der Waals surface area contributed by atoms with Crippen molar-refractivity contribution >= 4 is 34.6 Å². The van der Waals surface area contributed by atoms with Gasteiger partial charge in [0.05, 0.1) is 5.69 Å². The molecule has 192 valence electrons. The van der Waals surface area contributed by atoms with Gasteiger partial charge in [-0.2, -0.15) is 0 Å². The van der Waals surface area contributed by atoms with Crippen LogP contribution < -0.4 is 0 Å². The Kier molecular flexibility index (Phi) is 7.68. The fourth-order valence-corrected chi connectivity index (χ4v) is 5.56. The molecule has 2 nitrogen and oxygen atoms in total. The predicted octanol–water partition coefficient (Wildman–Crippen LogP) is 8.79. The highest BCUT2D eigenvalue weighted by atomic mass is 35.5. The van der Waals surface area contributed by atoms with Crippen LogP contribution in [0.15, 0.2) is 79.0 Å². The fourth-order valence-electron chi connectivity index (χ4n) is 5.05. The zero-order chi connectivity index (χ0) is 26.8. The Balaban J connectivity index is 1.49. The van der Waals surface area contributed by atoms with Gasteiger partial charge < -0.3 is 0 Å². The van der Waals surface area contributed by atoms with Crippen LogP contribution in [0.4, 0.5) is 13.2 Å². The van der Waals surface area contributed by atoms with E-state index in [0.717, 1.165) is 22.8 Å². The lowest BCUT2D eigenvalue weighted by atomic mass is 9.85. The summed E-state index contributed by atoms with van der Waals surface area (Å²) in [7, 11) is 0. The summed E-state index contributed by atoms with van der Waals surface area (Å²) in [4.78, 5) is 18.0. The van der Waals surface area contributed by atoms with E-state index in [1.165, 1.54) is 24.3 Å². The minimum Gasteiger partial charge on any atom is -0.299 e. The number of pyridine rings is 1. The number of fused-ring (bicyclic) bond motifs is 1. The average Bonchev–Trinajstić information content (AvgIpc) is 3.24. The van der Waals surface area contributed by atoms with Crippen molar-refractivity contribution in [3.63, 3.8) is 0 Å². The van der Waals surface area contributed by atoms with Gasteiger partial charge in [-0.1, -0.05) is 47.5 Å². The second kappa shape index (κ2) is 11.1.